The molecule has 1 N–H and O–H groups in total. The van der Waals surface area contributed by atoms with Crippen molar-refractivity contribution in [2.24, 2.45) is 0 Å². The molecule has 2 rings (SSSR count). The van der Waals surface area contributed by atoms with Crippen LogP contribution in [0.25, 0.3) is 6.08 Å². The van der Waals surface area contributed by atoms with Gasteiger partial charge in [0.05, 0.1) is 0 Å². The van der Waals surface area contributed by atoms with E-state index in [0.29, 0.717) is 13.2 Å². The van der Waals surface area contributed by atoms with Gasteiger partial charge in [0.1, 0.15) is 24.0 Å². The highest BCUT2D eigenvalue weighted by atomic mass is 16.5. The molecule has 2 aromatic carbocycles. The van der Waals surface area contributed by atoms with Gasteiger partial charge in [-0.25, -0.2) is 0 Å². The molecular weight excluding hydrogens is 300 g/mol. The van der Waals surface area contributed by atoms with Crippen molar-refractivity contribution in [1.82, 2.24) is 5.32 Å². The molecule has 0 bridgehead atoms. The molecule has 0 aliphatic carbocycles. The van der Waals surface area contributed by atoms with Gasteiger partial charge >= 0.3 is 0 Å². The van der Waals surface area contributed by atoms with Crippen LogP contribution in [0.3, 0.4) is 0 Å². The normalized spacial score (nSPS) is 10.5. The number of ether oxygens (including phenoxy) is 1. The molecule has 4 heteroatoms. The van der Waals surface area contributed by atoms with E-state index in [1.54, 1.807) is 24.3 Å². The molecule has 0 radical (unpaired) electrons. The van der Waals surface area contributed by atoms with Crippen LogP contribution < -0.4 is 10.1 Å². The van der Waals surface area contributed by atoms with Crippen LogP contribution in [0.2, 0.25) is 0 Å². The molecule has 0 spiro atoms. The molecule has 0 aliphatic heterocycles. The maximum absolute atomic E-state index is 11.8. The van der Waals surface area contributed by atoms with Gasteiger partial charge < -0.3 is 10.1 Å². The van der Waals surface area contributed by atoms with E-state index in [-0.39, 0.29) is 5.57 Å². The SMILES string of the molecule is C=CCNC(=O)/C(C#N)=C/c1ccc(OCc2ccccc2)cc1. The molecule has 24 heavy (non-hydrogen) atoms. The Kier molecular flexibility index (Phi) is 6.36. The average molecular weight is 318 g/mol. The van der Waals surface area contributed by atoms with Gasteiger partial charge in [-0.2, -0.15) is 5.26 Å². The first-order valence-corrected chi connectivity index (χ1v) is 7.50. The van der Waals surface area contributed by atoms with Crippen LogP contribution in [0.5, 0.6) is 5.75 Å². The Bertz CT molecular complexity index is 756. The highest BCUT2D eigenvalue weighted by molar-refractivity contribution is 6.01. The topological polar surface area (TPSA) is 62.1 Å². The van der Waals surface area contributed by atoms with Gasteiger partial charge in [-0.15, -0.1) is 6.58 Å². The van der Waals surface area contributed by atoms with E-state index >= 15 is 0 Å². The van der Waals surface area contributed by atoms with Crippen LogP contribution in [0.15, 0.2) is 72.8 Å². The zero-order chi connectivity index (χ0) is 17.2. The Morgan fingerprint density at radius 1 is 1.17 bits per heavy atom. The van der Waals surface area contributed by atoms with Crippen LogP contribution in [0.4, 0.5) is 0 Å². The molecule has 2 aromatic rings. The Morgan fingerprint density at radius 2 is 1.88 bits per heavy atom. The molecular formula is C20H18N2O2. The van der Waals surface area contributed by atoms with Gasteiger partial charge in [0.2, 0.25) is 0 Å². The fraction of sp³-hybridized carbons (Fsp3) is 0.100. The van der Waals surface area contributed by atoms with Gasteiger partial charge in [-0.3, -0.25) is 4.79 Å². The molecule has 4 nitrogen and oxygen atoms in total. The van der Waals surface area contributed by atoms with Gasteiger partial charge in [0.25, 0.3) is 5.91 Å². The summed E-state index contributed by atoms with van der Waals surface area (Å²) in [7, 11) is 0. The van der Waals surface area contributed by atoms with Crippen molar-refractivity contribution in [1.29, 1.82) is 5.26 Å². The number of hydrogen-bond acceptors (Lipinski definition) is 3. The summed E-state index contributed by atoms with van der Waals surface area (Å²) in [4.78, 5) is 11.8. The summed E-state index contributed by atoms with van der Waals surface area (Å²) in [5, 5.41) is 11.7. The summed E-state index contributed by atoms with van der Waals surface area (Å²) >= 11 is 0. The van der Waals surface area contributed by atoms with E-state index in [0.717, 1.165) is 16.9 Å². The van der Waals surface area contributed by atoms with E-state index in [4.69, 9.17) is 10.00 Å². The van der Waals surface area contributed by atoms with E-state index in [1.807, 2.05) is 48.5 Å². The van der Waals surface area contributed by atoms with Crippen LogP contribution in [-0.4, -0.2) is 12.5 Å². The first-order chi connectivity index (χ1) is 11.7. The van der Waals surface area contributed by atoms with Crippen LogP contribution in [0, 0.1) is 11.3 Å². The summed E-state index contributed by atoms with van der Waals surface area (Å²) < 4.78 is 5.70. The molecule has 0 fully saturated rings. The quantitative estimate of drug-likeness (QED) is 0.483. The first kappa shape index (κ1) is 17.0. The van der Waals surface area contributed by atoms with E-state index in [9.17, 15) is 4.79 Å². The van der Waals surface area contributed by atoms with Gasteiger partial charge in [-0.1, -0.05) is 48.5 Å². The van der Waals surface area contributed by atoms with Crippen molar-refractivity contribution in [2.45, 2.75) is 6.61 Å². The molecule has 0 aliphatic rings. The van der Waals surface area contributed by atoms with Crippen molar-refractivity contribution in [3.05, 3.63) is 84.0 Å². The maximum Gasteiger partial charge on any atom is 0.262 e. The lowest BCUT2D eigenvalue weighted by Crippen LogP contribution is -2.24. The predicted molar refractivity (Wildman–Crippen MR) is 94.0 cm³/mol. The summed E-state index contributed by atoms with van der Waals surface area (Å²) in [5.41, 5.74) is 1.90. The van der Waals surface area contributed by atoms with Crippen molar-refractivity contribution in [2.75, 3.05) is 6.54 Å². The molecule has 120 valence electrons. The summed E-state index contributed by atoms with van der Waals surface area (Å²) in [6.45, 7) is 4.33. The predicted octanol–water partition coefficient (Wildman–Crippen LogP) is 3.47. The average Bonchev–Trinajstić information content (AvgIpc) is 2.64. The third kappa shape index (κ3) is 5.15. The van der Waals surface area contributed by atoms with Gasteiger partial charge in [0, 0.05) is 6.54 Å². The lowest BCUT2D eigenvalue weighted by atomic mass is 10.1. The Hall–Kier alpha value is -3.32. The zero-order valence-corrected chi connectivity index (χ0v) is 13.2. The Labute approximate surface area is 141 Å². The number of amides is 1. The van der Waals surface area contributed by atoms with Crippen LogP contribution in [0.1, 0.15) is 11.1 Å². The molecule has 0 atom stereocenters. The Morgan fingerprint density at radius 3 is 2.50 bits per heavy atom. The number of rotatable bonds is 7. The number of carbonyl (C=O) groups is 1. The molecule has 0 saturated heterocycles. The lowest BCUT2D eigenvalue weighted by molar-refractivity contribution is -0.116. The molecule has 0 saturated carbocycles. The molecule has 1 amide bonds. The zero-order valence-electron chi connectivity index (χ0n) is 13.2. The third-order valence-corrected chi connectivity index (χ3v) is 3.21. The second-order valence-electron chi connectivity index (χ2n) is 5.01. The Balaban J connectivity index is 2.00. The minimum Gasteiger partial charge on any atom is -0.489 e. The van der Waals surface area contributed by atoms with Crippen molar-refractivity contribution >= 4 is 12.0 Å². The summed E-state index contributed by atoms with van der Waals surface area (Å²) in [6.07, 6.45) is 3.10. The second kappa shape index (κ2) is 8.96. The van der Waals surface area contributed by atoms with Crippen LogP contribution >= 0.6 is 0 Å². The van der Waals surface area contributed by atoms with E-state index < -0.39 is 5.91 Å². The molecule has 0 heterocycles. The van der Waals surface area contributed by atoms with Crippen LogP contribution in [-0.2, 0) is 11.4 Å². The number of nitrogens with zero attached hydrogens (tertiary/aromatic N) is 1. The standard InChI is InChI=1S/C20H18N2O2/c1-2-12-22-20(23)18(14-21)13-16-8-10-19(11-9-16)24-15-17-6-4-3-5-7-17/h2-11,13H,1,12,15H2,(H,22,23)/b18-13+. The van der Waals surface area contributed by atoms with Crippen molar-refractivity contribution in [3.8, 4) is 11.8 Å². The largest absolute Gasteiger partial charge is 0.489 e. The summed E-state index contributed by atoms with van der Waals surface area (Å²) in [5.74, 6) is 0.312. The highest BCUT2D eigenvalue weighted by Crippen LogP contribution is 2.16. The maximum atomic E-state index is 11.8. The molecule has 0 unspecified atom stereocenters. The fourth-order valence-corrected chi connectivity index (χ4v) is 1.98. The summed E-state index contributed by atoms with van der Waals surface area (Å²) in [6, 6.07) is 19.0. The van der Waals surface area contributed by atoms with Crippen molar-refractivity contribution < 1.29 is 9.53 Å². The minimum atomic E-state index is -0.415. The van der Waals surface area contributed by atoms with E-state index in [1.165, 1.54) is 0 Å². The monoisotopic (exact) mass is 318 g/mol. The van der Waals surface area contributed by atoms with Gasteiger partial charge in [-0.05, 0) is 29.3 Å². The second-order valence-corrected chi connectivity index (χ2v) is 5.01. The smallest absolute Gasteiger partial charge is 0.262 e. The number of nitrogens with one attached hydrogen (secondary N) is 1. The number of carbonyl (C=O) groups excluding carboxylic acids is 1. The minimum absolute atomic E-state index is 0.0507. The number of benzene rings is 2. The third-order valence-electron chi connectivity index (χ3n) is 3.21. The van der Waals surface area contributed by atoms with E-state index in [2.05, 4.69) is 11.9 Å². The first-order valence-electron chi connectivity index (χ1n) is 7.50. The highest BCUT2D eigenvalue weighted by Gasteiger charge is 2.07. The van der Waals surface area contributed by atoms with Gasteiger partial charge in [0.15, 0.2) is 0 Å². The number of nitriles is 1. The number of hydrogen-bond donors (Lipinski definition) is 1. The molecule has 0 aromatic heterocycles. The lowest BCUT2D eigenvalue weighted by Gasteiger charge is -2.06. The van der Waals surface area contributed by atoms with Crippen molar-refractivity contribution in [3.63, 3.8) is 0 Å². The fourth-order valence-electron chi connectivity index (χ4n) is 1.98.